The molecule has 0 aromatic rings. The minimum absolute atomic E-state index is 0.348. The first-order valence-corrected chi connectivity index (χ1v) is 9.66. The molecule has 4 nitrogen and oxygen atoms in total. The summed E-state index contributed by atoms with van der Waals surface area (Å²) in [6.45, 7) is 1.28. The van der Waals surface area contributed by atoms with E-state index in [1.54, 1.807) is 0 Å². The second-order valence-electron chi connectivity index (χ2n) is 3.55. The maximum atomic E-state index is 11.5. The summed E-state index contributed by atoms with van der Waals surface area (Å²) in [6, 6.07) is 0. The first kappa shape index (κ1) is 12.3. The summed E-state index contributed by atoms with van der Waals surface area (Å²) in [5.41, 5.74) is 0. The van der Waals surface area contributed by atoms with Crippen molar-refractivity contribution < 1.29 is 14.3 Å². The predicted octanol–water partition coefficient (Wildman–Crippen LogP) is 1.68. The van der Waals surface area contributed by atoms with Crippen LogP contribution in [0, 0.1) is 0 Å². The van der Waals surface area contributed by atoms with Gasteiger partial charge < -0.3 is 0 Å². The van der Waals surface area contributed by atoms with E-state index in [-0.39, 0.29) is 14.5 Å². The predicted molar refractivity (Wildman–Crippen MR) is 56.2 cm³/mol. The summed E-state index contributed by atoms with van der Waals surface area (Å²) in [4.78, 5) is 20.5. The van der Waals surface area contributed by atoms with Crippen LogP contribution >= 0.6 is 6.21 Å². The molecular weight excluding hydrogens is 268 g/mol. The van der Waals surface area contributed by atoms with Crippen molar-refractivity contribution in [1.82, 2.24) is 5.09 Å². The fraction of sp³-hybridized carbons (Fsp3) is 0.875. The van der Waals surface area contributed by atoms with Crippen LogP contribution in [0.25, 0.3) is 0 Å². The van der Waals surface area contributed by atoms with Gasteiger partial charge in [-0.05, 0) is 0 Å². The molecule has 0 bridgehead atoms. The number of amides is 1. The number of hydrogen-bond donors (Lipinski definition) is 2. The maximum absolute atomic E-state index is 11.5. The molecule has 1 amide bonds. The molecule has 1 atom stereocenters. The van der Waals surface area contributed by atoms with Gasteiger partial charge in [0.25, 0.3) is 0 Å². The second kappa shape index (κ2) is 5.31. The standard InChI is InChI=1S/C8H16NO3PSe/c1-7(10)9-13(11,12)14-8-5-3-2-4-6-8/h8H,2-6H2,1H3,(H2,9,10,11,12). The van der Waals surface area contributed by atoms with E-state index in [1.165, 1.54) is 13.3 Å². The van der Waals surface area contributed by atoms with E-state index in [1.807, 2.05) is 0 Å². The molecule has 0 aromatic heterocycles. The Labute approximate surface area is 90.1 Å². The van der Waals surface area contributed by atoms with Crippen molar-refractivity contribution in [2.24, 2.45) is 0 Å². The Morgan fingerprint density at radius 1 is 1.43 bits per heavy atom. The molecule has 0 aliphatic heterocycles. The second-order valence-corrected chi connectivity index (χ2v) is 10.9. The molecule has 6 heteroatoms. The van der Waals surface area contributed by atoms with Gasteiger partial charge in [0.2, 0.25) is 0 Å². The van der Waals surface area contributed by atoms with Gasteiger partial charge in [0.1, 0.15) is 0 Å². The van der Waals surface area contributed by atoms with Gasteiger partial charge in [-0.2, -0.15) is 0 Å². The molecule has 1 saturated carbocycles. The van der Waals surface area contributed by atoms with Crippen LogP contribution in [0.1, 0.15) is 39.0 Å². The molecule has 0 heterocycles. The summed E-state index contributed by atoms with van der Waals surface area (Å²) in [6.07, 6.45) is 2.29. The SMILES string of the molecule is CC(=O)NP(=O)(O)[Se]C1CCCCC1. The number of carbonyl (C=O) groups is 1. The van der Waals surface area contributed by atoms with Crippen molar-refractivity contribution in [2.45, 2.75) is 43.8 Å². The molecule has 1 unspecified atom stereocenters. The van der Waals surface area contributed by atoms with Crippen molar-refractivity contribution in [3.05, 3.63) is 0 Å². The van der Waals surface area contributed by atoms with Gasteiger partial charge in [0.05, 0.1) is 0 Å². The molecule has 0 saturated heterocycles. The van der Waals surface area contributed by atoms with Crippen LogP contribution in [0.2, 0.25) is 4.82 Å². The van der Waals surface area contributed by atoms with Gasteiger partial charge in [0.15, 0.2) is 0 Å². The third-order valence-corrected chi connectivity index (χ3v) is 8.56. The summed E-state index contributed by atoms with van der Waals surface area (Å²) < 4.78 is 11.5. The van der Waals surface area contributed by atoms with Gasteiger partial charge >= 0.3 is 89.8 Å². The van der Waals surface area contributed by atoms with Crippen LogP contribution < -0.4 is 5.09 Å². The Morgan fingerprint density at radius 2 is 2.00 bits per heavy atom. The summed E-state index contributed by atoms with van der Waals surface area (Å²) in [5, 5.41) is 2.17. The van der Waals surface area contributed by atoms with E-state index in [4.69, 9.17) is 0 Å². The third-order valence-electron chi connectivity index (χ3n) is 2.14. The summed E-state index contributed by atoms with van der Waals surface area (Å²) in [7, 11) is 0. The Hall–Kier alpha value is 0.179. The molecule has 0 spiro atoms. The van der Waals surface area contributed by atoms with Crippen molar-refractivity contribution in [3.63, 3.8) is 0 Å². The summed E-state index contributed by atoms with van der Waals surface area (Å²) in [5.74, 6) is -0.409. The zero-order chi connectivity index (χ0) is 10.6. The van der Waals surface area contributed by atoms with Gasteiger partial charge in [-0.15, -0.1) is 0 Å². The van der Waals surface area contributed by atoms with Crippen LogP contribution in [0.4, 0.5) is 0 Å². The minimum atomic E-state index is -3.35. The van der Waals surface area contributed by atoms with Crippen LogP contribution in [0.15, 0.2) is 0 Å². The van der Waals surface area contributed by atoms with E-state index >= 15 is 0 Å². The normalized spacial score (nSPS) is 22.7. The van der Waals surface area contributed by atoms with Crippen LogP contribution in [-0.4, -0.2) is 25.3 Å². The quantitative estimate of drug-likeness (QED) is 0.612. The van der Waals surface area contributed by atoms with Crippen LogP contribution in [0.3, 0.4) is 0 Å². The van der Waals surface area contributed by atoms with Crippen LogP contribution in [0.5, 0.6) is 0 Å². The Morgan fingerprint density at radius 3 is 2.50 bits per heavy atom. The molecular formula is C8H16NO3PSe. The molecule has 82 valence electrons. The van der Waals surface area contributed by atoms with Crippen molar-refractivity contribution in [2.75, 3.05) is 0 Å². The van der Waals surface area contributed by atoms with E-state index in [9.17, 15) is 14.3 Å². The van der Waals surface area contributed by atoms with E-state index < -0.39 is 12.1 Å². The van der Waals surface area contributed by atoms with E-state index in [0.717, 1.165) is 25.7 Å². The molecule has 1 aliphatic rings. The summed E-state index contributed by atoms with van der Waals surface area (Å²) >= 11 is -0.348. The third kappa shape index (κ3) is 4.61. The molecule has 0 aromatic carbocycles. The molecule has 1 aliphatic carbocycles. The Bertz CT molecular complexity index is 253. The Balaban J connectivity index is 2.40. The topological polar surface area (TPSA) is 66.4 Å². The van der Waals surface area contributed by atoms with E-state index in [0.29, 0.717) is 4.82 Å². The zero-order valence-electron chi connectivity index (χ0n) is 8.23. The van der Waals surface area contributed by atoms with Crippen LogP contribution in [-0.2, 0) is 9.36 Å². The fourth-order valence-electron chi connectivity index (χ4n) is 1.60. The zero-order valence-corrected chi connectivity index (χ0v) is 10.8. The van der Waals surface area contributed by atoms with Gasteiger partial charge in [0, 0.05) is 0 Å². The van der Waals surface area contributed by atoms with Gasteiger partial charge in [-0.3, -0.25) is 0 Å². The number of rotatable bonds is 3. The van der Waals surface area contributed by atoms with Gasteiger partial charge in [-0.1, -0.05) is 0 Å². The number of hydrogen-bond acceptors (Lipinski definition) is 2. The first-order chi connectivity index (χ1) is 6.49. The number of nitrogens with one attached hydrogen (secondary N) is 1. The first-order valence-electron chi connectivity index (χ1n) is 4.80. The average molecular weight is 284 g/mol. The molecule has 0 radical (unpaired) electrons. The van der Waals surface area contributed by atoms with Crippen molar-refractivity contribution >= 4 is 26.6 Å². The van der Waals surface area contributed by atoms with E-state index in [2.05, 4.69) is 5.09 Å². The fourth-order valence-corrected chi connectivity index (χ4v) is 8.37. The molecule has 1 rings (SSSR count). The van der Waals surface area contributed by atoms with Crippen molar-refractivity contribution in [1.29, 1.82) is 0 Å². The molecule has 14 heavy (non-hydrogen) atoms. The molecule has 1 fully saturated rings. The van der Waals surface area contributed by atoms with Crippen molar-refractivity contribution in [3.8, 4) is 0 Å². The molecule has 2 N–H and O–H groups in total. The Kier molecular flexibility index (Phi) is 4.65. The average Bonchev–Trinajstić information content (AvgIpc) is 2.02. The monoisotopic (exact) mass is 285 g/mol. The van der Waals surface area contributed by atoms with Gasteiger partial charge in [-0.25, -0.2) is 0 Å². The number of carbonyl (C=O) groups excluding carboxylic acids is 1.